The Hall–Kier alpha value is -2.15. The van der Waals surface area contributed by atoms with E-state index in [0.717, 1.165) is 0 Å². The molecule has 0 spiro atoms. The average Bonchev–Trinajstić information content (AvgIpc) is 2.77. The highest BCUT2D eigenvalue weighted by Crippen LogP contribution is 2.20. The molecule has 1 heterocycles. The predicted octanol–water partition coefficient (Wildman–Crippen LogP) is 1.65. The molecule has 0 aliphatic carbocycles. The normalized spacial score (nSPS) is 12.6. The van der Waals surface area contributed by atoms with Crippen molar-refractivity contribution in [2.45, 2.75) is 19.4 Å². The van der Waals surface area contributed by atoms with Crippen LogP contribution in [0.3, 0.4) is 0 Å². The molecule has 1 aromatic heterocycles. The van der Waals surface area contributed by atoms with Crippen LogP contribution >= 0.6 is 0 Å². The zero-order chi connectivity index (χ0) is 13.1. The molecule has 7 heteroatoms. The second kappa shape index (κ2) is 5.01. The highest BCUT2D eigenvalue weighted by Gasteiger charge is 2.09. The SMILES string of the molecule is CCC(O)CNc1nc2ccc([N+](=O)[O-])cc2[nH]1. The number of hydrogen-bond acceptors (Lipinski definition) is 5. The summed E-state index contributed by atoms with van der Waals surface area (Å²) in [6.45, 7) is 2.27. The van der Waals surface area contributed by atoms with E-state index in [1.165, 1.54) is 12.1 Å². The highest BCUT2D eigenvalue weighted by molar-refractivity contribution is 5.79. The average molecular weight is 250 g/mol. The lowest BCUT2D eigenvalue weighted by atomic mass is 10.3. The van der Waals surface area contributed by atoms with Gasteiger partial charge in [-0.1, -0.05) is 6.92 Å². The van der Waals surface area contributed by atoms with Gasteiger partial charge in [0, 0.05) is 18.7 Å². The number of non-ortho nitro benzene ring substituents is 1. The Labute approximate surface area is 103 Å². The number of benzene rings is 1. The zero-order valence-corrected chi connectivity index (χ0v) is 9.88. The van der Waals surface area contributed by atoms with Gasteiger partial charge in [-0.15, -0.1) is 0 Å². The number of H-pyrrole nitrogens is 1. The summed E-state index contributed by atoms with van der Waals surface area (Å²) >= 11 is 0. The van der Waals surface area contributed by atoms with Gasteiger partial charge in [0.25, 0.3) is 5.69 Å². The maximum absolute atomic E-state index is 10.6. The molecule has 7 nitrogen and oxygen atoms in total. The lowest BCUT2D eigenvalue weighted by molar-refractivity contribution is -0.384. The summed E-state index contributed by atoms with van der Waals surface area (Å²) in [5, 5.41) is 23.0. The quantitative estimate of drug-likeness (QED) is 0.553. The molecule has 2 aromatic rings. The van der Waals surface area contributed by atoms with Gasteiger partial charge in [-0.3, -0.25) is 10.1 Å². The number of aromatic amines is 1. The summed E-state index contributed by atoms with van der Waals surface area (Å²) in [6.07, 6.45) is 0.214. The number of nitrogens with zero attached hydrogens (tertiary/aromatic N) is 2. The largest absolute Gasteiger partial charge is 0.391 e. The molecule has 1 aromatic carbocycles. The van der Waals surface area contributed by atoms with Gasteiger partial charge in [0.2, 0.25) is 5.95 Å². The number of fused-ring (bicyclic) bond motifs is 1. The van der Waals surface area contributed by atoms with Gasteiger partial charge >= 0.3 is 0 Å². The molecule has 1 unspecified atom stereocenters. The van der Waals surface area contributed by atoms with Crippen molar-refractivity contribution in [2.75, 3.05) is 11.9 Å². The van der Waals surface area contributed by atoms with Crippen LogP contribution in [0, 0.1) is 10.1 Å². The van der Waals surface area contributed by atoms with Crippen molar-refractivity contribution in [3.63, 3.8) is 0 Å². The number of anilines is 1. The molecule has 0 amide bonds. The van der Waals surface area contributed by atoms with Gasteiger partial charge in [0.15, 0.2) is 0 Å². The first kappa shape index (κ1) is 12.3. The summed E-state index contributed by atoms with van der Waals surface area (Å²) in [6, 6.07) is 4.43. The minimum Gasteiger partial charge on any atom is -0.391 e. The molecule has 0 aliphatic rings. The van der Waals surface area contributed by atoms with Crippen LogP contribution in [0.4, 0.5) is 11.6 Å². The Kier molecular flexibility index (Phi) is 3.42. The van der Waals surface area contributed by atoms with E-state index in [2.05, 4.69) is 15.3 Å². The van der Waals surface area contributed by atoms with E-state index < -0.39 is 11.0 Å². The lowest BCUT2D eigenvalue weighted by Crippen LogP contribution is -2.18. The molecule has 3 N–H and O–H groups in total. The molecule has 18 heavy (non-hydrogen) atoms. The van der Waals surface area contributed by atoms with E-state index in [1.54, 1.807) is 6.07 Å². The first-order valence-electron chi connectivity index (χ1n) is 5.66. The van der Waals surface area contributed by atoms with E-state index in [4.69, 9.17) is 0 Å². The van der Waals surface area contributed by atoms with Gasteiger partial charge in [-0.25, -0.2) is 4.98 Å². The van der Waals surface area contributed by atoms with Crippen LogP contribution in [-0.4, -0.2) is 32.6 Å². The van der Waals surface area contributed by atoms with E-state index in [0.29, 0.717) is 29.9 Å². The Bertz CT molecular complexity index is 566. The minimum atomic E-state index is -0.450. The monoisotopic (exact) mass is 250 g/mol. The molecule has 0 fully saturated rings. The fraction of sp³-hybridized carbons (Fsp3) is 0.364. The van der Waals surface area contributed by atoms with Crippen molar-refractivity contribution >= 4 is 22.7 Å². The number of hydrogen-bond donors (Lipinski definition) is 3. The van der Waals surface area contributed by atoms with Crippen molar-refractivity contribution in [1.82, 2.24) is 9.97 Å². The summed E-state index contributed by atoms with van der Waals surface area (Å²) in [7, 11) is 0. The number of aliphatic hydroxyl groups is 1. The number of aromatic nitrogens is 2. The predicted molar refractivity (Wildman–Crippen MR) is 67.5 cm³/mol. The van der Waals surface area contributed by atoms with Gasteiger partial charge in [-0.2, -0.15) is 0 Å². The maximum atomic E-state index is 10.6. The smallest absolute Gasteiger partial charge is 0.271 e. The van der Waals surface area contributed by atoms with Gasteiger partial charge < -0.3 is 15.4 Å². The molecular formula is C11H14N4O3. The topological polar surface area (TPSA) is 104 Å². The van der Waals surface area contributed by atoms with Gasteiger partial charge in [0.05, 0.1) is 22.1 Å². The third kappa shape index (κ3) is 2.57. The summed E-state index contributed by atoms with van der Waals surface area (Å²) in [4.78, 5) is 17.3. The van der Waals surface area contributed by atoms with Crippen LogP contribution in [0.15, 0.2) is 18.2 Å². The number of rotatable bonds is 5. The van der Waals surface area contributed by atoms with E-state index in [1.807, 2.05) is 6.92 Å². The highest BCUT2D eigenvalue weighted by atomic mass is 16.6. The standard InChI is InChI=1S/C11H14N4O3/c1-2-8(16)6-12-11-13-9-4-3-7(15(17)18)5-10(9)14-11/h3-5,8,16H,2,6H2,1H3,(H2,12,13,14). The summed E-state index contributed by atoms with van der Waals surface area (Å²) < 4.78 is 0. The van der Waals surface area contributed by atoms with Gasteiger partial charge in [0.1, 0.15) is 0 Å². The zero-order valence-electron chi connectivity index (χ0n) is 9.88. The lowest BCUT2D eigenvalue weighted by Gasteiger charge is -2.07. The molecule has 2 rings (SSSR count). The Morgan fingerprint density at radius 1 is 1.61 bits per heavy atom. The Morgan fingerprint density at radius 2 is 2.39 bits per heavy atom. The molecule has 0 saturated carbocycles. The third-order valence-corrected chi connectivity index (χ3v) is 2.65. The number of nitro benzene ring substituents is 1. The molecule has 0 radical (unpaired) electrons. The fourth-order valence-corrected chi connectivity index (χ4v) is 1.55. The van der Waals surface area contributed by atoms with Crippen molar-refractivity contribution < 1.29 is 10.0 Å². The van der Waals surface area contributed by atoms with E-state index >= 15 is 0 Å². The second-order valence-electron chi connectivity index (χ2n) is 3.99. The molecule has 1 atom stereocenters. The number of nitro groups is 1. The van der Waals surface area contributed by atoms with Crippen molar-refractivity contribution in [3.05, 3.63) is 28.3 Å². The number of aliphatic hydroxyl groups excluding tert-OH is 1. The summed E-state index contributed by atoms with van der Waals surface area (Å²) in [5.41, 5.74) is 1.26. The number of nitrogens with one attached hydrogen (secondary N) is 2. The first-order valence-corrected chi connectivity index (χ1v) is 5.66. The molecule has 96 valence electrons. The fourth-order valence-electron chi connectivity index (χ4n) is 1.55. The Morgan fingerprint density at radius 3 is 3.06 bits per heavy atom. The molecule has 0 saturated heterocycles. The van der Waals surface area contributed by atoms with Crippen molar-refractivity contribution in [3.8, 4) is 0 Å². The molecule has 0 aliphatic heterocycles. The van der Waals surface area contributed by atoms with Crippen LogP contribution < -0.4 is 5.32 Å². The summed E-state index contributed by atoms with van der Waals surface area (Å²) in [5.74, 6) is 0.498. The van der Waals surface area contributed by atoms with E-state index in [-0.39, 0.29) is 5.69 Å². The maximum Gasteiger partial charge on any atom is 0.271 e. The van der Waals surface area contributed by atoms with Crippen LogP contribution in [-0.2, 0) is 0 Å². The third-order valence-electron chi connectivity index (χ3n) is 2.65. The van der Waals surface area contributed by atoms with Crippen LogP contribution in [0.5, 0.6) is 0 Å². The Balaban J connectivity index is 2.19. The molecular weight excluding hydrogens is 236 g/mol. The molecule has 0 bridgehead atoms. The van der Waals surface area contributed by atoms with Crippen molar-refractivity contribution in [1.29, 1.82) is 0 Å². The van der Waals surface area contributed by atoms with Crippen LogP contribution in [0.2, 0.25) is 0 Å². The first-order chi connectivity index (χ1) is 8.60. The van der Waals surface area contributed by atoms with Crippen LogP contribution in [0.25, 0.3) is 11.0 Å². The second-order valence-corrected chi connectivity index (χ2v) is 3.99. The minimum absolute atomic E-state index is 0.0197. The van der Waals surface area contributed by atoms with Crippen LogP contribution in [0.1, 0.15) is 13.3 Å². The number of imidazole rings is 1. The van der Waals surface area contributed by atoms with Crippen molar-refractivity contribution in [2.24, 2.45) is 0 Å². The van der Waals surface area contributed by atoms with E-state index in [9.17, 15) is 15.2 Å². The van der Waals surface area contributed by atoms with Gasteiger partial charge in [-0.05, 0) is 12.5 Å².